The second-order valence-corrected chi connectivity index (χ2v) is 9.89. The highest BCUT2D eigenvalue weighted by Crippen LogP contribution is 2.45. The van der Waals surface area contributed by atoms with E-state index in [0.29, 0.717) is 44.3 Å². The topological polar surface area (TPSA) is 90.3 Å². The fraction of sp³-hybridized carbons (Fsp3) is 0.652. The number of likely N-dealkylation sites (tertiary alicyclic amines) is 1. The lowest BCUT2D eigenvalue weighted by atomic mass is 9.68. The van der Waals surface area contributed by atoms with E-state index in [4.69, 9.17) is 0 Å². The molecule has 0 bridgehead atoms. The third kappa shape index (κ3) is 5.72. The lowest BCUT2D eigenvalue weighted by Gasteiger charge is -2.47. The van der Waals surface area contributed by atoms with Gasteiger partial charge in [-0.3, -0.25) is 4.79 Å². The van der Waals surface area contributed by atoms with Crippen molar-refractivity contribution in [3.8, 4) is 5.75 Å². The first-order valence-corrected chi connectivity index (χ1v) is 11.1. The Balaban J connectivity index is 1.76. The van der Waals surface area contributed by atoms with E-state index >= 15 is 0 Å². The normalized spacial score (nSPS) is 20.0. The maximum atomic E-state index is 13.5. The smallest absolute Gasteiger partial charge is 0.465 e. The Morgan fingerprint density at radius 2 is 1.67 bits per heavy atom. The largest absolute Gasteiger partial charge is 0.573 e. The summed E-state index contributed by atoms with van der Waals surface area (Å²) in [6.45, 7) is 6.16. The zero-order valence-corrected chi connectivity index (χ0v) is 19.1. The van der Waals surface area contributed by atoms with Gasteiger partial charge in [-0.15, -0.1) is 13.2 Å². The second-order valence-electron chi connectivity index (χ2n) is 9.89. The molecule has 7 nitrogen and oxygen atoms in total. The van der Waals surface area contributed by atoms with E-state index in [1.54, 1.807) is 4.90 Å². The SMILES string of the molecule is CC(C)(C)N(C(=O)O)C1CCN(C(=O)C(c2ccc(OC(F)(F)F)cc2)C2(O)CCC2)CC1. The Labute approximate surface area is 191 Å². The number of carbonyl (C=O) groups is 2. The molecule has 1 aliphatic carbocycles. The summed E-state index contributed by atoms with van der Waals surface area (Å²) in [6.07, 6.45) is -3.26. The molecule has 2 N–H and O–H groups in total. The number of alkyl halides is 3. The second kappa shape index (κ2) is 9.04. The number of aliphatic hydroxyl groups is 1. The van der Waals surface area contributed by atoms with Crippen LogP contribution in [0.15, 0.2) is 24.3 Å². The number of halogens is 3. The molecule has 1 aromatic carbocycles. The molecule has 33 heavy (non-hydrogen) atoms. The highest BCUT2D eigenvalue weighted by atomic mass is 19.4. The van der Waals surface area contributed by atoms with E-state index in [9.17, 15) is 33.0 Å². The molecule has 1 heterocycles. The molecule has 1 aromatic rings. The van der Waals surface area contributed by atoms with Crippen LogP contribution in [-0.4, -0.2) is 68.6 Å². The van der Waals surface area contributed by atoms with E-state index in [-0.39, 0.29) is 11.9 Å². The van der Waals surface area contributed by atoms with E-state index in [2.05, 4.69) is 4.74 Å². The molecule has 2 amide bonds. The van der Waals surface area contributed by atoms with Crippen LogP contribution >= 0.6 is 0 Å². The van der Waals surface area contributed by atoms with Gasteiger partial charge < -0.3 is 24.7 Å². The molecule has 2 aliphatic rings. The van der Waals surface area contributed by atoms with Crippen LogP contribution in [0.25, 0.3) is 0 Å². The van der Waals surface area contributed by atoms with E-state index < -0.39 is 35.3 Å². The average molecular weight is 473 g/mol. The van der Waals surface area contributed by atoms with Crippen LogP contribution in [0.1, 0.15) is 64.4 Å². The first kappa shape index (κ1) is 25.1. The van der Waals surface area contributed by atoms with Crippen molar-refractivity contribution in [2.45, 2.75) is 82.3 Å². The molecule has 0 radical (unpaired) electrons. The number of benzene rings is 1. The Bertz CT molecular complexity index is 854. The monoisotopic (exact) mass is 472 g/mol. The molecule has 0 aromatic heterocycles. The van der Waals surface area contributed by atoms with Gasteiger partial charge in [-0.1, -0.05) is 12.1 Å². The van der Waals surface area contributed by atoms with Crippen LogP contribution in [0.4, 0.5) is 18.0 Å². The first-order valence-electron chi connectivity index (χ1n) is 11.1. The molecule has 1 aliphatic heterocycles. The zero-order chi connectivity index (χ0) is 24.6. The number of amides is 2. The van der Waals surface area contributed by atoms with Crippen LogP contribution in [0, 0.1) is 0 Å². The third-order valence-electron chi connectivity index (χ3n) is 6.52. The van der Waals surface area contributed by atoms with Crippen molar-refractivity contribution in [1.29, 1.82) is 0 Å². The molecule has 1 saturated heterocycles. The van der Waals surface area contributed by atoms with Crippen molar-refractivity contribution in [3.05, 3.63) is 29.8 Å². The van der Waals surface area contributed by atoms with Gasteiger partial charge in [0.25, 0.3) is 0 Å². The van der Waals surface area contributed by atoms with Gasteiger partial charge in [-0.25, -0.2) is 4.79 Å². The lowest BCUT2D eigenvalue weighted by molar-refractivity contribution is -0.274. The minimum Gasteiger partial charge on any atom is -0.465 e. The van der Waals surface area contributed by atoms with Crippen LogP contribution in [0.2, 0.25) is 0 Å². The minimum atomic E-state index is -4.82. The van der Waals surface area contributed by atoms with Crippen molar-refractivity contribution < 1.29 is 37.7 Å². The fourth-order valence-electron chi connectivity index (χ4n) is 4.89. The molecular formula is C23H31F3N2O5. The zero-order valence-electron chi connectivity index (χ0n) is 19.1. The summed E-state index contributed by atoms with van der Waals surface area (Å²) in [4.78, 5) is 28.3. The molecule has 0 spiro atoms. The van der Waals surface area contributed by atoms with E-state index in [1.807, 2.05) is 20.8 Å². The van der Waals surface area contributed by atoms with Gasteiger partial charge in [-0.2, -0.15) is 0 Å². The van der Waals surface area contributed by atoms with Crippen LogP contribution < -0.4 is 4.74 Å². The van der Waals surface area contributed by atoms with Gasteiger partial charge in [0.2, 0.25) is 5.91 Å². The van der Waals surface area contributed by atoms with Gasteiger partial charge in [0.05, 0.1) is 11.5 Å². The van der Waals surface area contributed by atoms with Gasteiger partial charge in [0, 0.05) is 24.7 Å². The van der Waals surface area contributed by atoms with Crippen molar-refractivity contribution in [2.75, 3.05) is 13.1 Å². The number of ether oxygens (including phenoxy) is 1. The summed E-state index contributed by atoms with van der Waals surface area (Å²) in [5.41, 5.74) is -1.40. The summed E-state index contributed by atoms with van der Waals surface area (Å²) in [5, 5.41) is 20.7. The first-order chi connectivity index (χ1) is 15.2. The van der Waals surface area contributed by atoms with Gasteiger partial charge in [-0.05, 0) is 70.6 Å². The molecule has 2 fully saturated rings. The Morgan fingerprint density at radius 3 is 2.06 bits per heavy atom. The Kier molecular flexibility index (Phi) is 6.89. The van der Waals surface area contributed by atoms with E-state index in [0.717, 1.165) is 18.6 Å². The fourth-order valence-corrected chi connectivity index (χ4v) is 4.89. The highest BCUT2D eigenvalue weighted by Gasteiger charge is 2.49. The van der Waals surface area contributed by atoms with E-state index in [1.165, 1.54) is 17.0 Å². The van der Waals surface area contributed by atoms with Crippen molar-refractivity contribution in [2.24, 2.45) is 0 Å². The maximum Gasteiger partial charge on any atom is 0.573 e. The molecule has 184 valence electrons. The van der Waals surface area contributed by atoms with Crippen molar-refractivity contribution >= 4 is 12.0 Å². The number of nitrogens with zero attached hydrogens (tertiary/aromatic N) is 2. The average Bonchev–Trinajstić information content (AvgIpc) is 2.66. The summed E-state index contributed by atoms with van der Waals surface area (Å²) < 4.78 is 41.3. The Morgan fingerprint density at radius 1 is 1.12 bits per heavy atom. The van der Waals surface area contributed by atoms with Gasteiger partial charge in [0.1, 0.15) is 5.75 Å². The lowest BCUT2D eigenvalue weighted by Crippen LogP contribution is -2.57. The molecule has 1 atom stereocenters. The molecule has 10 heteroatoms. The van der Waals surface area contributed by atoms with Crippen LogP contribution in [-0.2, 0) is 4.79 Å². The molecular weight excluding hydrogens is 441 g/mol. The predicted molar refractivity (Wildman–Crippen MR) is 114 cm³/mol. The number of carboxylic acid groups (broad SMARTS) is 1. The molecule has 1 unspecified atom stereocenters. The van der Waals surface area contributed by atoms with Crippen molar-refractivity contribution in [3.63, 3.8) is 0 Å². The highest BCUT2D eigenvalue weighted by molar-refractivity contribution is 5.85. The third-order valence-corrected chi connectivity index (χ3v) is 6.52. The standard InChI is InChI=1S/C23H31F3N2O5/c1-21(2,3)28(20(30)31)16-9-13-27(14-10-16)19(29)18(22(32)11-4-12-22)15-5-7-17(8-6-15)33-23(24,25)26/h5-8,16,18,32H,4,9-14H2,1-3H3,(H,30,31). The molecule has 3 rings (SSSR count). The van der Waals surface area contributed by atoms with Gasteiger partial charge in [0.15, 0.2) is 0 Å². The summed E-state index contributed by atoms with van der Waals surface area (Å²) in [7, 11) is 0. The number of piperidine rings is 1. The number of hydrogen-bond donors (Lipinski definition) is 2. The number of rotatable bonds is 5. The summed E-state index contributed by atoms with van der Waals surface area (Å²) >= 11 is 0. The maximum absolute atomic E-state index is 13.5. The van der Waals surface area contributed by atoms with Gasteiger partial charge >= 0.3 is 12.5 Å². The van der Waals surface area contributed by atoms with Crippen LogP contribution in [0.3, 0.4) is 0 Å². The number of carbonyl (C=O) groups excluding carboxylic acids is 1. The quantitative estimate of drug-likeness (QED) is 0.665. The van der Waals surface area contributed by atoms with Crippen LogP contribution in [0.5, 0.6) is 5.75 Å². The minimum absolute atomic E-state index is 0.226. The predicted octanol–water partition coefficient (Wildman–Crippen LogP) is 4.35. The summed E-state index contributed by atoms with van der Waals surface area (Å²) in [5.74, 6) is -1.59. The van der Waals surface area contributed by atoms with Crippen molar-refractivity contribution in [1.82, 2.24) is 9.80 Å². The number of hydrogen-bond acceptors (Lipinski definition) is 4. The molecule has 1 saturated carbocycles. The Hall–Kier alpha value is -2.49. The summed E-state index contributed by atoms with van der Waals surface area (Å²) in [6, 6.07) is 4.84.